The standard InChI is InChI=1S/C15H19NO4/c1-5-19-13(17)12(11-9-7-6-8-10-11)16-14(18)20-15(2,3)4/h6-10H,5H2,1-4H3/b16-12+. The van der Waals surface area contributed by atoms with Crippen molar-refractivity contribution in [1.29, 1.82) is 0 Å². The Morgan fingerprint density at radius 3 is 2.25 bits per heavy atom. The van der Waals surface area contributed by atoms with Crippen LogP contribution in [0.4, 0.5) is 4.79 Å². The normalized spacial score (nSPS) is 11.9. The summed E-state index contributed by atoms with van der Waals surface area (Å²) in [6.45, 7) is 7.08. The molecule has 1 aromatic rings. The molecule has 5 nitrogen and oxygen atoms in total. The molecule has 1 amide bonds. The Bertz CT molecular complexity index is 500. The first-order chi connectivity index (χ1) is 9.33. The lowest BCUT2D eigenvalue weighted by atomic mass is 10.1. The number of hydrogen-bond acceptors (Lipinski definition) is 4. The first kappa shape index (κ1) is 15.9. The minimum atomic E-state index is -0.815. The quantitative estimate of drug-likeness (QED) is 0.629. The van der Waals surface area contributed by atoms with Crippen LogP contribution in [0.5, 0.6) is 0 Å². The number of hydrogen-bond donors (Lipinski definition) is 0. The Morgan fingerprint density at radius 2 is 1.75 bits per heavy atom. The molecule has 0 aliphatic heterocycles. The molecule has 0 aliphatic rings. The Labute approximate surface area is 118 Å². The number of carbonyl (C=O) groups is 2. The van der Waals surface area contributed by atoms with Gasteiger partial charge in [0.25, 0.3) is 0 Å². The molecule has 0 spiro atoms. The van der Waals surface area contributed by atoms with E-state index < -0.39 is 17.7 Å². The van der Waals surface area contributed by atoms with E-state index in [2.05, 4.69) is 4.99 Å². The molecule has 0 fully saturated rings. The summed E-state index contributed by atoms with van der Waals surface area (Å²) in [5, 5.41) is 0. The summed E-state index contributed by atoms with van der Waals surface area (Å²) < 4.78 is 10.00. The van der Waals surface area contributed by atoms with Gasteiger partial charge in [0.15, 0.2) is 5.71 Å². The van der Waals surface area contributed by atoms with Gasteiger partial charge in [0.2, 0.25) is 0 Å². The number of amides is 1. The Kier molecular flexibility index (Phi) is 5.43. The van der Waals surface area contributed by atoms with Crippen LogP contribution in [0.1, 0.15) is 33.3 Å². The van der Waals surface area contributed by atoms with Gasteiger partial charge in [0, 0.05) is 5.56 Å². The van der Waals surface area contributed by atoms with Gasteiger partial charge in [-0.1, -0.05) is 30.3 Å². The molecule has 1 rings (SSSR count). The van der Waals surface area contributed by atoms with Gasteiger partial charge < -0.3 is 9.47 Å². The molecule has 0 aliphatic carbocycles. The number of ether oxygens (including phenoxy) is 2. The average molecular weight is 277 g/mol. The topological polar surface area (TPSA) is 65.0 Å². The minimum Gasteiger partial charge on any atom is -0.461 e. The van der Waals surface area contributed by atoms with Crippen LogP contribution < -0.4 is 0 Å². The lowest BCUT2D eigenvalue weighted by Crippen LogP contribution is -2.25. The van der Waals surface area contributed by atoms with E-state index in [4.69, 9.17) is 9.47 Å². The molecule has 0 saturated heterocycles. The van der Waals surface area contributed by atoms with E-state index in [9.17, 15) is 9.59 Å². The molecule has 0 heterocycles. The third-order valence-corrected chi connectivity index (χ3v) is 2.11. The Hall–Kier alpha value is -2.17. The van der Waals surface area contributed by atoms with Crippen molar-refractivity contribution in [3.63, 3.8) is 0 Å². The molecule has 1 aromatic carbocycles. The second-order valence-electron chi connectivity index (χ2n) is 5.03. The molecule has 0 aromatic heterocycles. The number of benzene rings is 1. The van der Waals surface area contributed by atoms with Crippen molar-refractivity contribution >= 4 is 17.8 Å². The van der Waals surface area contributed by atoms with E-state index in [-0.39, 0.29) is 12.3 Å². The fourth-order valence-corrected chi connectivity index (χ4v) is 1.40. The van der Waals surface area contributed by atoms with Crippen molar-refractivity contribution in [1.82, 2.24) is 0 Å². The van der Waals surface area contributed by atoms with E-state index in [1.165, 1.54) is 0 Å². The zero-order chi connectivity index (χ0) is 15.2. The highest BCUT2D eigenvalue weighted by molar-refractivity contribution is 6.44. The van der Waals surface area contributed by atoms with E-state index in [0.29, 0.717) is 5.56 Å². The van der Waals surface area contributed by atoms with Crippen molar-refractivity contribution in [3.05, 3.63) is 35.9 Å². The summed E-state index contributed by atoms with van der Waals surface area (Å²) in [5.74, 6) is -0.649. The zero-order valence-electron chi connectivity index (χ0n) is 12.2. The van der Waals surface area contributed by atoms with Gasteiger partial charge in [0.1, 0.15) is 5.60 Å². The SMILES string of the molecule is CCOC(=O)/C(=N/C(=O)OC(C)(C)C)c1ccccc1. The van der Waals surface area contributed by atoms with Gasteiger partial charge >= 0.3 is 12.1 Å². The van der Waals surface area contributed by atoms with Crippen LogP contribution in [0.3, 0.4) is 0 Å². The summed E-state index contributed by atoms with van der Waals surface area (Å²) in [5.41, 5.74) is -0.213. The Balaban J connectivity index is 3.05. The molecule has 0 unspecified atom stereocenters. The molecule has 108 valence electrons. The average Bonchev–Trinajstić information content (AvgIpc) is 2.35. The summed E-state index contributed by atoms with van der Waals surface area (Å²) >= 11 is 0. The summed E-state index contributed by atoms with van der Waals surface area (Å²) in [7, 11) is 0. The number of rotatable bonds is 3. The molecule has 0 bridgehead atoms. The second kappa shape index (κ2) is 6.84. The van der Waals surface area contributed by atoms with Crippen LogP contribution in [-0.4, -0.2) is 30.0 Å². The second-order valence-corrected chi connectivity index (χ2v) is 5.03. The zero-order valence-corrected chi connectivity index (χ0v) is 12.2. The highest BCUT2D eigenvalue weighted by atomic mass is 16.6. The summed E-state index contributed by atoms with van der Waals surface area (Å²) in [6.07, 6.45) is -0.815. The molecule has 0 radical (unpaired) electrons. The van der Waals surface area contributed by atoms with Gasteiger partial charge in [-0.05, 0) is 27.7 Å². The predicted molar refractivity (Wildman–Crippen MR) is 75.8 cm³/mol. The van der Waals surface area contributed by atoms with Crippen molar-refractivity contribution in [2.45, 2.75) is 33.3 Å². The number of aliphatic imine (C=N–C) groups is 1. The fourth-order valence-electron chi connectivity index (χ4n) is 1.40. The van der Waals surface area contributed by atoms with Gasteiger partial charge in [0.05, 0.1) is 6.61 Å². The van der Waals surface area contributed by atoms with Crippen LogP contribution in [0.25, 0.3) is 0 Å². The highest BCUT2D eigenvalue weighted by Crippen LogP contribution is 2.10. The summed E-state index contributed by atoms with van der Waals surface area (Å²) in [6, 6.07) is 8.67. The van der Waals surface area contributed by atoms with Gasteiger partial charge in [-0.3, -0.25) is 0 Å². The number of nitrogens with zero attached hydrogens (tertiary/aromatic N) is 1. The Morgan fingerprint density at radius 1 is 1.15 bits per heavy atom. The largest absolute Gasteiger partial charge is 0.461 e. The van der Waals surface area contributed by atoms with Gasteiger partial charge in [-0.25, -0.2) is 9.59 Å². The van der Waals surface area contributed by atoms with Crippen LogP contribution in [0, 0.1) is 0 Å². The smallest absolute Gasteiger partial charge is 0.434 e. The highest BCUT2D eigenvalue weighted by Gasteiger charge is 2.20. The first-order valence-electron chi connectivity index (χ1n) is 6.37. The third-order valence-electron chi connectivity index (χ3n) is 2.11. The van der Waals surface area contributed by atoms with Crippen molar-refractivity contribution in [3.8, 4) is 0 Å². The molecule has 20 heavy (non-hydrogen) atoms. The van der Waals surface area contributed by atoms with E-state index in [1.807, 2.05) is 0 Å². The van der Waals surface area contributed by atoms with Crippen molar-refractivity contribution in [2.75, 3.05) is 6.61 Å². The lowest BCUT2D eigenvalue weighted by Gasteiger charge is -2.17. The van der Waals surface area contributed by atoms with E-state index in [0.717, 1.165) is 0 Å². The summed E-state index contributed by atoms with van der Waals surface area (Å²) in [4.78, 5) is 27.3. The minimum absolute atomic E-state index is 0.0540. The monoisotopic (exact) mass is 277 g/mol. The van der Waals surface area contributed by atoms with Crippen molar-refractivity contribution in [2.24, 2.45) is 4.99 Å². The molecule has 0 saturated carbocycles. The molecular formula is C15H19NO4. The maximum atomic E-state index is 11.9. The molecular weight excluding hydrogens is 258 g/mol. The first-order valence-corrected chi connectivity index (χ1v) is 6.37. The van der Waals surface area contributed by atoms with Crippen LogP contribution >= 0.6 is 0 Å². The lowest BCUT2D eigenvalue weighted by molar-refractivity contribution is -0.135. The van der Waals surface area contributed by atoms with Crippen LogP contribution in [0.2, 0.25) is 0 Å². The van der Waals surface area contributed by atoms with Crippen LogP contribution in [-0.2, 0) is 14.3 Å². The van der Waals surface area contributed by atoms with E-state index in [1.54, 1.807) is 58.0 Å². The fraction of sp³-hybridized carbons (Fsp3) is 0.400. The predicted octanol–water partition coefficient (Wildman–Crippen LogP) is 2.97. The maximum absolute atomic E-state index is 11.9. The van der Waals surface area contributed by atoms with E-state index >= 15 is 0 Å². The van der Waals surface area contributed by atoms with Crippen LogP contribution in [0.15, 0.2) is 35.3 Å². The molecule has 5 heteroatoms. The van der Waals surface area contributed by atoms with Crippen molar-refractivity contribution < 1.29 is 19.1 Å². The molecule has 0 N–H and O–H groups in total. The van der Waals surface area contributed by atoms with Gasteiger partial charge in [-0.2, -0.15) is 4.99 Å². The van der Waals surface area contributed by atoms with Gasteiger partial charge in [-0.15, -0.1) is 0 Å². The number of carbonyl (C=O) groups excluding carboxylic acids is 2. The number of esters is 1. The molecule has 0 atom stereocenters. The maximum Gasteiger partial charge on any atom is 0.434 e. The third kappa shape index (κ3) is 5.22.